The van der Waals surface area contributed by atoms with Gasteiger partial charge in [-0.05, 0) is 46.3 Å². The topological polar surface area (TPSA) is 79.3 Å². The van der Waals surface area contributed by atoms with Crippen molar-refractivity contribution in [1.82, 2.24) is 4.98 Å². The van der Waals surface area contributed by atoms with E-state index in [0.717, 1.165) is 0 Å². The first-order valence-electron chi connectivity index (χ1n) is 5.44. The molecule has 1 aromatic heterocycles. The number of nitrogens with one attached hydrogen (secondary N) is 1. The van der Waals surface area contributed by atoms with Crippen LogP contribution in [0.15, 0.2) is 41.0 Å². The quantitative estimate of drug-likeness (QED) is 0.884. The number of carboxylic acids is 1. The Labute approximate surface area is 127 Å². The van der Waals surface area contributed by atoms with Crippen LogP contribution in [0.25, 0.3) is 0 Å². The highest BCUT2D eigenvalue weighted by Gasteiger charge is 2.17. The van der Waals surface area contributed by atoms with Crippen molar-refractivity contribution in [2.75, 3.05) is 5.32 Å². The van der Waals surface area contributed by atoms with Crippen LogP contribution in [-0.2, 0) is 0 Å². The molecule has 0 aliphatic carbocycles. The maximum Gasteiger partial charge on any atom is 0.338 e. The molecule has 2 N–H and O–H groups in total. The van der Waals surface area contributed by atoms with Crippen molar-refractivity contribution in [1.29, 1.82) is 0 Å². The zero-order chi connectivity index (χ0) is 14.7. The van der Waals surface area contributed by atoms with Gasteiger partial charge in [0.05, 0.1) is 10.6 Å². The first-order valence-corrected chi connectivity index (χ1v) is 6.61. The molecule has 0 atom stereocenters. The van der Waals surface area contributed by atoms with Crippen molar-refractivity contribution in [2.45, 2.75) is 0 Å². The van der Waals surface area contributed by atoms with Gasteiger partial charge in [0.25, 0.3) is 5.91 Å². The van der Waals surface area contributed by atoms with E-state index in [1.54, 1.807) is 18.2 Å². The number of carbonyl (C=O) groups is 2. The van der Waals surface area contributed by atoms with Gasteiger partial charge in [0, 0.05) is 16.4 Å². The smallest absolute Gasteiger partial charge is 0.338 e. The van der Waals surface area contributed by atoms with Crippen LogP contribution in [0, 0.1) is 0 Å². The molecule has 0 saturated heterocycles. The zero-order valence-electron chi connectivity index (χ0n) is 9.93. The Bertz CT molecular complexity index is 691. The number of benzene rings is 1. The molecule has 0 aliphatic heterocycles. The number of anilines is 1. The lowest BCUT2D eigenvalue weighted by atomic mass is 10.2. The van der Waals surface area contributed by atoms with Crippen LogP contribution < -0.4 is 5.32 Å². The maximum absolute atomic E-state index is 12.0. The molecule has 0 fully saturated rings. The standard InChI is InChI=1S/C13H8BrClN2O3/c14-9-4-3-7(6-10(9)15)17-12(18)11-8(13(19)20)2-1-5-16-11/h1-6H,(H,17,18)(H,19,20). The van der Waals surface area contributed by atoms with Crippen molar-refractivity contribution < 1.29 is 14.7 Å². The summed E-state index contributed by atoms with van der Waals surface area (Å²) in [6.07, 6.45) is 1.36. The van der Waals surface area contributed by atoms with E-state index in [2.05, 4.69) is 26.2 Å². The third kappa shape index (κ3) is 3.15. The van der Waals surface area contributed by atoms with Crippen molar-refractivity contribution in [3.05, 3.63) is 57.3 Å². The molecular weight excluding hydrogens is 348 g/mol. The van der Waals surface area contributed by atoms with E-state index >= 15 is 0 Å². The van der Waals surface area contributed by atoms with Gasteiger partial charge in [-0.2, -0.15) is 0 Å². The fourth-order valence-corrected chi connectivity index (χ4v) is 1.95. The van der Waals surface area contributed by atoms with Crippen LogP contribution in [0.1, 0.15) is 20.8 Å². The highest BCUT2D eigenvalue weighted by Crippen LogP contribution is 2.25. The fourth-order valence-electron chi connectivity index (χ4n) is 1.52. The molecule has 0 saturated carbocycles. The second-order valence-corrected chi connectivity index (χ2v) is 5.05. The van der Waals surface area contributed by atoms with E-state index in [4.69, 9.17) is 16.7 Å². The average Bonchev–Trinajstić information content (AvgIpc) is 2.43. The summed E-state index contributed by atoms with van der Waals surface area (Å²) in [5.74, 6) is -1.82. The summed E-state index contributed by atoms with van der Waals surface area (Å²) in [4.78, 5) is 26.9. The normalized spacial score (nSPS) is 10.1. The largest absolute Gasteiger partial charge is 0.478 e. The summed E-state index contributed by atoms with van der Waals surface area (Å²) in [7, 11) is 0. The molecule has 0 spiro atoms. The summed E-state index contributed by atoms with van der Waals surface area (Å²) in [5, 5.41) is 12.0. The van der Waals surface area contributed by atoms with Crippen LogP contribution in [0.2, 0.25) is 5.02 Å². The van der Waals surface area contributed by atoms with E-state index in [0.29, 0.717) is 15.2 Å². The molecule has 0 unspecified atom stereocenters. The van der Waals surface area contributed by atoms with Gasteiger partial charge in [-0.3, -0.25) is 9.78 Å². The van der Waals surface area contributed by atoms with Gasteiger partial charge >= 0.3 is 5.97 Å². The van der Waals surface area contributed by atoms with Gasteiger partial charge in [0.2, 0.25) is 0 Å². The second kappa shape index (κ2) is 6.02. The summed E-state index contributed by atoms with van der Waals surface area (Å²) < 4.78 is 0.696. The summed E-state index contributed by atoms with van der Waals surface area (Å²) in [6, 6.07) is 7.63. The Morgan fingerprint density at radius 2 is 2.05 bits per heavy atom. The molecule has 2 rings (SSSR count). The average molecular weight is 356 g/mol. The highest BCUT2D eigenvalue weighted by molar-refractivity contribution is 9.10. The Balaban J connectivity index is 2.28. The summed E-state index contributed by atoms with van der Waals surface area (Å²) in [6.45, 7) is 0. The number of nitrogens with zero attached hydrogens (tertiary/aromatic N) is 1. The number of carboxylic acid groups (broad SMARTS) is 1. The Morgan fingerprint density at radius 3 is 2.70 bits per heavy atom. The molecule has 5 nitrogen and oxygen atoms in total. The van der Waals surface area contributed by atoms with Crippen molar-refractivity contribution >= 4 is 45.1 Å². The van der Waals surface area contributed by atoms with Crippen LogP contribution in [0.5, 0.6) is 0 Å². The van der Waals surface area contributed by atoms with Gasteiger partial charge in [-0.25, -0.2) is 4.79 Å². The predicted octanol–water partition coefficient (Wildman–Crippen LogP) is 3.45. The lowest BCUT2D eigenvalue weighted by Crippen LogP contribution is -2.18. The van der Waals surface area contributed by atoms with E-state index in [1.165, 1.54) is 18.3 Å². The van der Waals surface area contributed by atoms with Crippen LogP contribution in [0.4, 0.5) is 5.69 Å². The summed E-state index contributed by atoms with van der Waals surface area (Å²) >= 11 is 9.15. The van der Waals surface area contributed by atoms with Gasteiger partial charge in [-0.15, -0.1) is 0 Å². The minimum atomic E-state index is -1.21. The lowest BCUT2D eigenvalue weighted by molar-refractivity contribution is 0.0691. The molecule has 1 heterocycles. The number of rotatable bonds is 3. The minimum absolute atomic E-state index is 0.154. The van der Waals surface area contributed by atoms with Crippen molar-refractivity contribution in [3.63, 3.8) is 0 Å². The number of amides is 1. The third-order valence-electron chi connectivity index (χ3n) is 2.43. The second-order valence-electron chi connectivity index (χ2n) is 3.79. The number of aromatic carboxylic acids is 1. The number of hydrogen-bond donors (Lipinski definition) is 2. The molecule has 0 radical (unpaired) electrons. The highest BCUT2D eigenvalue weighted by atomic mass is 79.9. The number of pyridine rings is 1. The van der Waals surface area contributed by atoms with Gasteiger partial charge in [0.1, 0.15) is 5.69 Å². The van der Waals surface area contributed by atoms with Crippen LogP contribution >= 0.6 is 27.5 Å². The van der Waals surface area contributed by atoms with Crippen molar-refractivity contribution in [3.8, 4) is 0 Å². The Hall–Kier alpha value is -1.92. The number of hydrogen-bond acceptors (Lipinski definition) is 3. The molecule has 20 heavy (non-hydrogen) atoms. The molecule has 1 aromatic carbocycles. The minimum Gasteiger partial charge on any atom is -0.478 e. The first kappa shape index (κ1) is 14.5. The SMILES string of the molecule is O=C(O)c1cccnc1C(=O)Nc1ccc(Br)c(Cl)c1. The zero-order valence-corrected chi connectivity index (χ0v) is 12.3. The Kier molecular flexibility index (Phi) is 4.36. The predicted molar refractivity (Wildman–Crippen MR) is 78.3 cm³/mol. The molecule has 7 heteroatoms. The number of halogens is 2. The monoisotopic (exact) mass is 354 g/mol. The third-order valence-corrected chi connectivity index (χ3v) is 3.66. The molecular formula is C13H8BrClN2O3. The number of carbonyl (C=O) groups excluding carboxylic acids is 1. The van der Waals surface area contributed by atoms with Gasteiger partial charge in [-0.1, -0.05) is 11.6 Å². The van der Waals surface area contributed by atoms with E-state index in [-0.39, 0.29) is 11.3 Å². The van der Waals surface area contributed by atoms with E-state index in [1.807, 2.05) is 0 Å². The molecule has 102 valence electrons. The van der Waals surface area contributed by atoms with Crippen LogP contribution in [0.3, 0.4) is 0 Å². The molecule has 2 aromatic rings. The van der Waals surface area contributed by atoms with Crippen molar-refractivity contribution in [2.24, 2.45) is 0 Å². The maximum atomic E-state index is 12.0. The molecule has 1 amide bonds. The molecule has 0 aliphatic rings. The first-order chi connectivity index (χ1) is 9.49. The molecule has 0 bridgehead atoms. The van der Waals surface area contributed by atoms with Crippen LogP contribution in [-0.4, -0.2) is 22.0 Å². The summed E-state index contributed by atoms with van der Waals surface area (Å²) in [5.41, 5.74) is 0.137. The van der Waals surface area contributed by atoms with Gasteiger partial charge < -0.3 is 10.4 Å². The lowest BCUT2D eigenvalue weighted by Gasteiger charge is -2.07. The van der Waals surface area contributed by atoms with Gasteiger partial charge in [0.15, 0.2) is 0 Å². The van der Waals surface area contributed by atoms with E-state index in [9.17, 15) is 9.59 Å². The number of aromatic nitrogens is 1. The van der Waals surface area contributed by atoms with E-state index < -0.39 is 11.9 Å². The fraction of sp³-hybridized carbons (Fsp3) is 0. The Morgan fingerprint density at radius 1 is 1.30 bits per heavy atom.